The largest absolute Gasteiger partial charge is 0.328 e. The zero-order valence-corrected chi connectivity index (χ0v) is 11.7. The predicted octanol–water partition coefficient (Wildman–Crippen LogP) is -0.167. The van der Waals surface area contributed by atoms with Crippen molar-refractivity contribution in [3.05, 3.63) is 10.1 Å². The van der Waals surface area contributed by atoms with Gasteiger partial charge in [-0.05, 0) is 0 Å². The van der Waals surface area contributed by atoms with E-state index in [2.05, 4.69) is 19.8 Å². The molecule has 0 radical (unpaired) electrons. The van der Waals surface area contributed by atoms with Crippen molar-refractivity contribution >= 4 is 5.97 Å². The molecule has 0 heterocycles. The summed E-state index contributed by atoms with van der Waals surface area (Å²) in [5, 5.41) is 21.1. The van der Waals surface area contributed by atoms with Crippen molar-refractivity contribution in [1.29, 1.82) is 0 Å². The fourth-order valence-electron chi connectivity index (χ4n) is 1.17. The van der Waals surface area contributed by atoms with Crippen molar-refractivity contribution in [2.75, 3.05) is 0 Å². The average molecular weight is 431 g/mol. The maximum Gasteiger partial charge on any atom is 0.291 e. The van der Waals surface area contributed by atoms with E-state index >= 15 is 0 Å². The fraction of sp³-hybridized carbons (Fsp3) is 0.875. The van der Waals surface area contributed by atoms with E-state index in [0.29, 0.717) is 0 Å². The Hall–Kier alpha value is -0.722. The van der Waals surface area contributed by atoms with Crippen LogP contribution in [-0.4, -0.2) is 31.3 Å². The third-order valence-corrected chi connectivity index (χ3v) is 3.31. The molecule has 0 spiro atoms. The van der Waals surface area contributed by atoms with Gasteiger partial charge in [0, 0.05) is 6.92 Å². The zero-order chi connectivity index (χ0) is 14.1. The van der Waals surface area contributed by atoms with Gasteiger partial charge < -0.3 is 10.3 Å². The molecule has 0 saturated heterocycles. The number of carboxylic acid groups (broad SMARTS) is 1. The van der Waals surface area contributed by atoms with Gasteiger partial charge in [-0.3, -0.25) is 4.79 Å². The normalized spacial score (nSPS) is 26.8. The summed E-state index contributed by atoms with van der Waals surface area (Å²) in [4.78, 5) is 17.4. The van der Waals surface area contributed by atoms with Gasteiger partial charge in [0.1, 0.15) is 0 Å². The molecule has 1 saturated carbocycles. The molecule has 2 atom stereocenters. The molecule has 1 fully saturated rings. The Morgan fingerprint density at radius 2 is 1.94 bits per heavy atom. The number of hydrogen-bond donors (Lipinski definition) is 4. The molecule has 1 rings (SSSR count). The minimum atomic E-state index is -1.50. The first-order valence-electron chi connectivity index (χ1n) is 4.82. The van der Waals surface area contributed by atoms with Crippen LogP contribution in [0.2, 0.25) is 0 Å². The van der Waals surface area contributed by atoms with Gasteiger partial charge in [0.15, 0.2) is 0 Å². The minimum absolute atomic E-state index is 0.113. The Labute approximate surface area is 110 Å². The van der Waals surface area contributed by atoms with E-state index in [-0.39, 0.29) is 9.97 Å². The van der Waals surface area contributed by atoms with Gasteiger partial charge in [0.25, 0.3) is 11.1 Å². The number of hydrogen-bond acceptors (Lipinski definition) is 5. The van der Waals surface area contributed by atoms with Crippen LogP contribution in [0, 0.1) is 10.1 Å². The summed E-state index contributed by atoms with van der Waals surface area (Å²) in [5.74, 6) is -0.833. The number of aliphatic carboxylic acids is 1. The predicted molar refractivity (Wildman–Crippen MR) is 55.5 cm³/mol. The maximum atomic E-state index is 9.00. The van der Waals surface area contributed by atoms with Crippen molar-refractivity contribution in [3.8, 4) is 0 Å². The van der Waals surface area contributed by atoms with E-state index in [1.807, 2.05) is 0 Å². The Balaban J connectivity index is 0. The Bertz CT molecular complexity index is 229. The number of nitrogens with zero attached hydrogens (tertiary/aromatic N) is 1. The van der Waals surface area contributed by atoms with Crippen molar-refractivity contribution in [3.63, 3.8) is 0 Å². The van der Waals surface area contributed by atoms with Crippen LogP contribution in [-0.2, 0) is 24.6 Å². The second-order valence-corrected chi connectivity index (χ2v) is 5.59. The summed E-state index contributed by atoms with van der Waals surface area (Å²) < 4.78 is -0.113. The summed E-state index contributed by atoms with van der Waals surface area (Å²) in [7, 11) is 0. The summed E-state index contributed by atoms with van der Waals surface area (Å²) >= 11 is 2.25. The van der Waals surface area contributed by atoms with E-state index < -0.39 is 11.1 Å². The molecule has 0 unspecified atom stereocenters. The topological polar surface area (TPSA) is 153 Å². The second kappa shape index (κ2) is 9.32. The molecular weight excluding hydrogens is 413 g/mol. The molecule has 6 N–H and O–H groups in total. The van der Waals surface area contributed by atoms with Gasteiger partial charge in [0.05, 0.1) is 0 Å². The molecule has 0 amide bonds. The minimum Gasteiger partial charge on any atom is -0.328 e. The van der Waals surface area contributed by atoms with Crippen LogP contribution < -0.4 is 11.5 Å². The molecule has 1 aliphatic carbocycles. The first-order chi connectivity index (χ1) is 7.59. The van der Waals surface area contributed by atoms with Crippen LogP contribution in [0.4, 0.5) is 0 Å². The molecule has 0 aromatic rings. The molecule has 105 valence electrons. The molecular formula is C8H18N3O5Pt. The molecule has 0 bridgehead atoms. The smallest absolute Gasteiger partial charge is 0.291 e. The summed E-state index contributed by atoms with van der Waals surface area (Å²) in [6, 6.07) is 0.216. The summed E-state index contributed by atoms with van der Waals surface area (Å²) in [6.45, 7) is 1.08. The SMILES string of the molecule is CC(=O)O.N[C@@H]1CCCC[C@]1(N)[Pt].O=[N+]([O-])O. The number of carbonyl (C=O) groups is 1. The van der Waals surface area contributed by atoms with Crippen molar-refractivity contribution < 1.29 is 40.0 Å². The standard InChI is InChI=1S/C6H13N2.C2H4O2.HNO3.Pt/c7-5-3-1-2-4-6(5)8;1-2(3)4;2-1(3)4;/h5H,1-4,7-8H2;1H3,(H,3,4);(H,2,3,4);/t5-;;;/m1.../s1. The first kappa shape index (κ1) is 18.6. The summed E-state index contributed by atoms with van der Waals surface area (Å²) in [5.41, 5.74) is 11.7. The van der Waals surface area contributed by atoms with Gasteiger partial charge in [0.2, 0.25) is 0 Å². The number of carboxylic acids is 1. The monoisotopic (exact) mass is 431 g/mol. The molecule has 0 aromatic heterocycles. The van der Waals surface area contributed by atoms with Gasteiger partial charge in [-0.1, -0.05) is 0 Å². The van der Waals surface area contributed by atoms with E-state index in [1.54, 1.807) is 0 Å². The Morgan fingerprint density at radius 1 is 1.59 bits per heavy atom. The third-order valence-electron chi connectivity index (χ3n) is 1.90. The van der Waals surface area contributed by atoms with Crippen LogP contribution in [0.5, 0.6) is 0 Å². The Morgan fingerprint density at radius 3 is 2.12 bits per heavy atom. The third kappa shape index (κ3) is 15.3. The Kier molecular flexibility index (Phi) is 10.2. The zero-order valence-electron chi connectivity index (χ0n) is 9.44. The van der Waals surface area contributed by atoms with Gasteiger partial charge in [-0.2, -0.15) is 0 Å². The van der Waals surface area contributed by atoms with Crippen LogP contribution >= 0.6 is 0 Å². The first-order valence-corrected chi connectivity index (χ1v) is 5.96. The second-order valence-electron chi connectivity index (χ2n) is 3.48. The summed E-state index contributed by atoms with van der Waals surface area (Å²) in [6.07, 6.45) is 4.67. The van der Waals surface area contributed by atoms with Crippen molar-refractivity contribution in [1.82, 2.24) is 0 Å². The molecule has 0 aromatic carbocycles. The van der Waals surface area contributed by atoms with E-state index in [9.17, 15) is 0 Å². The number of rotatable bonds is 0. The molecule has 1 aliphatic rings. The van der Waals surface area contributed by atoms with Gasteiger partial charge in [-0.15, -0.1) is 10.1 Å². The van der Waals surface area contributed by atoms with Crippen LogP contribution in [0.25, 0.3) is 0 Å². The average Bonchev–Trinajstić information content (AvgIpc) is 2.08. The molecule has 0 aliphatic heterocycles. The van der Waals surface area contributed by atoms with Crippen molar-refractivity contribution in [2.24, 2.45) is 11.5 Å². The van der Waals surface area contributed by atoms with E-state index in [0.717, 1.165) is 19.8 Å². The van der Waals surface area contributed by atoms with Crippen LogP contribution in [0.3, 0.4) is 0 Å². The molecule has 17 heavy (non-hydrogen) atoms. The quantitative estimate of drug-likeness (QED) is 0.307. The van der Waals surface area contributed by atoms with E-state index in [4.69, 9.17) is 36.7 Å². The van der Waals surface area contributed by atoms with Crippen LogP contribution in [0.1, 0.15) is 32.6 Å². The fourth-order valence-corrected chi connectivity index (χ4v) is 1.90. The van der Waals surface area contributed by atoms with Crippen LogP contribution in [0.15, 0.2) is 0 Å². The number of nitrogens with two attached hydrogens (primary N) is 2. The van der Waals surface area contributed by atoms with Gasteiger partial charge in [-0.25, -0.2) is 0 Å². The van der Waals surface area contributed by atoms with Crippen molar-refractivity contribution in [2.45, 2.75) is 42.6 Å². The molecule has 9 heteroatoms. The maximum absolute atomic E-state index is 9.00. The molecule has 8 nitrogen and oxygen atoms in total. The van der Waals surface area contributed by atoms with E-state index in [1.165, 1.54) is 12.8 Å². The van der Waals surface area contributed by atoms with Gasteiger partial charge >= 0.3 is 66.9 Å².